The summed E-state index contributed by atoms with van der Waals surface area (Å²) < 4.78 is 0.985. The molecule has 0 aliphatic carbocycles. The SMILES string of the molecule is CC#CCCNc1cncc(Br)c1. The highest BCUT2D eigenvalue weighted by Gasteiger charge is 1.91. The van der Waals surface area contributed by atoms with E-state index in [4.69, 9.17) is 0 Å². The molecule has 0 radical (unpaired) electrons. The fourth-order valence-electron chi connectivity index (χ4n) is 0.903. The summed E-state index contributed by atoms with van der Waals surface area (Å²) in [6, 6.07) is 1.99. The van der Waals surface area contributed by atoms with Gasteiger partial charge in [-0.1, -0.05) is 0 Å². The van der Waals surface area contributed by atoms with Crippen molar-refractivity contribution in [2.24, 2.45) is 0 Å². The van der Waals surface area contributed by atoms with Crippen molar-refractivity contribution in [3.8, 4) is 11.8 Å². The molecule has 0 saturated carbocycles. The van der Waals surface area contributed by atoms with Crippen LogP contribution in [0.15, 0.2) is 22.9 Å². The van der Waals surface area contributed by atoms with Crippen LogP contribution in [0.3, 0.4) is 0 Å². The summed E-state index contributed by atoms with van der Waals surface area (Å²) in [5.74, 6) is 5.84. The molecule has 0 aliphatic rings. The number of nitrogens with one attached hydrogen (secondary N) is 1. The zero-order valence-electron chi connectivity index (χ0n) is 7.47. The third kappa shape index (κ3) is 3.95. The maximum Gasteiger partial charge on any atom is 0.0538 e. The first-order chi connectivity index (χ1) is 6.33. The van der Waals surface area contributed by atoms with E-state index in [2.05, 4.69) is 38.1 Å². The minimum Gasteiger partial charge on any atom is -0.383 e. The molecule has 2 nitrogen and oxygen atoms in total. The van der Waals surface area contributed by atoms with Gasteiger partial charge in [-0.25, -0.2) is 0 Å². The standard InChI is InChI=1S/C10H11BrN2/c1-2-3-4-5-13-10-6-9(11)7-12-8-10/h6-8,13H,4-5H2,1H3. The van der Waals surface area contributed by atoms with Crippen LogP contribution in [0.5, 0.6) is 0 Å². The summed E-state index contributed by atoms with van der Waals surface area (Å²) in [7, 11) is 0. The van der Waals surface area contributed by atoms with Gasteiger partial charge in [0, 0.05) is 23.6 Å². The molecule has 1 N–H and O–H groups in total. The first-order valence-corrected chi connectivity index (χ1v) is 4.86. The van der Waals surface area contributed by atoms with Crippen molar-refractivity contribution >= 4 is 21.6 Å². The number of nitrogens with zero attached hydrogens (tertiary/aromatic N) is 1. The van der Waals surface area contributed by atoms with Crippen LogP contribution in [0.2, 0.25) is 0 Å². The van der Waals surface area contributed by atoms with Gasteiger partial charge in [-0.15, -0.1) is 11.8 Å². The van der Waals surface area contributed by atoms with E-state index in [0.717, 1.165) is 23.1 Å². The molecule has 0 bridgehead atoms. The van der Waals surface area contributed by atoms with Gasteiger partial charge in [0.25, 0.3) is 0 Å². The minimum atomic E-state index is 0.860. The molecule has 1 rings (SSSR count). The van der Waals surface area contributed by atoms with E-state index in [-0.39, 0.29) is 0 Å². The normalized spacial score (nSPS) is 8.77. The molecule has 0 spiro atoms. The Hall–Kier alpha value is -1.01. The van der Waals surface area contributed by atoms with Crippen molar-refractivity contribution in [2.75, 3.05) is 11.9 Å². The van der Waals surface area contributed by atoms with E-state index >= 15 is 0 Å². The molecule has 13 heavy (non-hydrogen) atoms. The topological polar surface area (TPSA) is 24.9 Å². The van der Waals surface area contributed by atoms with Gasteiger partial charge >= 0.3 is 0 Å². The zero-order valence-corrected chi connectivity index (χ0v) is 9.06. The molecule has 0 atom stereocenters. The third-order valence-electron chi connectivity index (χ3n) is 1.46. The molecule has 68 valence electrons. The molecule has 0 aromatic carbocycles. The van der Waals surface area contributed by atoms with Crippen LogP contribution in [-0.2, 0) is 0 Å². The highest BCUT2D eigenvalue weighted by molar-refractivity contribution is 9.10. The molecule has 0 fully saturated rings. The van der Waals surface area contributed by atoms with Gasteiger partial charge in [-0.05, 0) is 28.9 Å². The van der Waals surface area contributed by atoms with Crippen LogP contribution in [0.25, 0.3) is 0 Å². The predicted molar refractivity (Wildman–Crippen MR) is 58.5 cm³/mol. The van der Waals surface area contributed by atoms with Gasteiger partial charge in [0.05, 0.1) is 11.9 Å². The summed E-state index contributed by atoms with van der Waals surface area (Å²) in [5.41, 5.74) is 1.02. The predicted octanol–water partition coefficient (Wildman–Crippen LogP) is 2.67. The zero-order chi connectivity index (χ0) is 9.52. The number of rotatable bonds is 3. The fraction of sp³-hybridized carbons (Fsp3) is 0.300. The van der Waals surface area contributed by atoms with Crippen LogP contribution in [0.1, 0.15) is 13.3 Å². The second kappa shape index (κ2) is 5.60. The van der Waals surface area contributed by atoms with Crippen molar-refractivity contribution in [1.82, 2.24) is 4.98 Å². The summed E-state index contributed by atoms with van der Waals surface area (Å²) >= 11 is 3.35. The molecule has 1 heterocycles. The highest BCUT2D eigenvalue weighted by Crippen LogP contribution is 2.13. The Labute approximate surface area is 86.9 Å². The van der Waals surface area contributed by atoms with E-state index < -0.39 is 0 Å². The number of hydrogen-bond donors (Lipinski definition) is 1. The molecule has 0 aliphatic heterocycles. The molecule has 1 aromatic rings. The summed E-state index contributed by atoms with van der Waals surface area (Å²) in [5, 5.41) is 3.23. The van der Waals surface area contributed by atoms with Gasteiger partial charge < -0.3 is 5.32 Å². The van der Waals surface area contributed by atoms with Gasteiger partial charge in [-0.3, -0.25) is 4.98 Å². The summed E-state index contributed by atoms with van der Waals surface area (Å²) in [6.07, 6.45) is 4.42. The number of anilines is 1. The van der Waals surface area contributed by atoms with Crippen LogP contribution in [0, 0.1) is 11.8 Å². The lowest BCUT2D eigenvalue weighted by molar-refractivity contribution is 1.09. The van der Waals surface area contributed by atoms with Crippen molar-refractivity contribution in [3.63, 3.8) is 0 Å². The maximum absolute atomic E-state index is 4.04. The van der Waals surface area contributed by atoms with Gasteiger partial charge in [0.1, 0.15) is 0 Å². The second-order valence-corrected chi connectivity index (χ2v) is 3.41. The highest BCUT2D eigenvalue weighted by atomic mass is 79.9. The van der Waals surface area contributed by atoms with E-state index in [1.54, 1.807) is 12.4 Å². The minimum absolute atomic E-state index is 0.860. The van der Waals surface area contributed by atoms with Crippen molar-refractivity contribution < 1.29 is 0 Å². The largest absolute Gasteiger partial charge is 0.383 e. The Kier molecular flexibility index (Phi) is 4.34. The Morgan fingerprint density at radius 2 is 2.38 bits per heavy atom. The van der Waals surface area contributed by atoms with E-state index in [1.807, 2.05) is 13.0 Å². The Balaban J connectivity index is 2.39. The first-order valence-electron chi connectivity index (χ1n) is 4.07. The molecule has 0 saturated heterocycles. The Bertz CT molecular complexity index is 325. The number of aromatic nitrogens is 1. The molecular formula is C10H11BrN2. The number of pyridine rings is 1. The van der Waals surface area contributed by atoms with Crippen LogP contribution in [0.4, 0.5) is 5.69 Å². The second-order valence-electron chi connectivity index (χ2n) is 2.50. The number of hydrogen-bond acceptors (Lipinski definition) is 2. The quantitative estimate of drug-likeness (QED) is 0.647. The molecule has 3 heteroatoms. The van der Waals surface area contributed by atoms with E-state index in [9.17, 15) is 0 Å². The summed E-state index contributed by atoms with van der Waals surface area (Å²) in [6.45, 7) is 2.71. The van der Waals surface area contributed by atoms with Gasteiger partial charge in [-0.2, -0.15) is 0 Å². The van der Waals surface area contributed by atoms with Crippen LogP contribution < -0.4 is 5.32 Å². The van der Waals surface area contributed by atoms with Crippen molar-refractivity contribution in [3.05, 3.63) is 22.9 Å². The third-order valence-corrected chi connectivity index (χ3v) is 1.89. The van der Waals surface area contributed by atoms with Crippen LogP contribution in [-0.4, -0.2) is 11.5 Å². The average molecular weight is 239 g/mol. The monoisotopic (exact) mass is 238 g/mol. The lowest BCUT2D eigenvalue weighted by atomic mass is 10.4. The van der Waals surface area contributed by atoms with Crippen LogP contribution >= 0.6 is 15.9 Å². The lowest BCUT2D eigenvalue weighted by Gasteiger charge is -2.02. The molecule has 0 unspecified atom stereocenters. The van der Waals surface area contributed by atoms with Gasteiger partial charge in [0.15, 0.2) is 0 Å². The van der Waals surface area contributed by atoms with Gasteiger partial charge in [0.2, 0.25) is 0 Å². The van der Waals surface area contributed by atoms with Crippen molar-refractivity contribution in [1.29, 1.82) is 0 Å². The average Bonchev–Trinajstić information content (AvgIpc) is 2.13. The molecule has 1 aromatic heterocycles. The Morgan fingerprint density at radius 3 is 3.08 bits per heavy atom. The maximum atomic E-state index is 4.04. The first kappa shape index (κ1) is 10.1. The molecular weight excluding hydrogens is 228 g/mol. The lowest BCUT2D eigenvalue weighted by Crippen LogP contribution is -2.00. The van der Waals surface area contributed by atoms with E-state index in [0.29, 0.717) is 0 Å². The fourth-order valence-corrected chi connectivity index (χ4v) is 1.27. The van der Waals surface area contributed by atoms with E-state index in [1.165, 1.54) is 0 Å². The molecule has 0 amide bonds. The summed E-state index contributed by atoms with van der Waals surface area (Å²) in [4.78, 5) is 4.04. The Morgan fingerprint density at radius 1 is 1.54 bits per heavy atom. The number of halogens is 1. The van der Waals surface area contributed by atoms with Crippen molar-refractivity contribution in [2.45, 2.75) is 13.3 Å². The smallest absolute Gasteiger partial charge is 0.0538 e.